The second-order valence-corrected chi connectivity index (χ2v) is 6.29. The largest absolute Gasteiger partial charge is 0.466 e. The van der Waals surface area contributed by atoms with E-state index in [1.165, 1.54) is 23.6 Å². The van der Waals surface area contributed by atoms with Crippen molar-refractivity contribution in [3.63, 3.8) is 0 Å². The van der Waals surface area contributed by atoms with Crippen LogP contribution >= 0.6 is 11.8 Å². The molecule has 0 unspecified atom stereocenters. The highest BCUT2D eigenvalue weighted by Crippen LogP contribution is 2.41. The van der Waals surface area contributed by atoms with Gasteiger partial charge in [-0.25, -0.2) is 4.79 Å². The van der Waals surface area contributed by atoms with Gasteiger partial charge in [-0.3, -0.25) is 4.79 Å². The van der Waals surface area contributed by atoms with Gasteiger partial charge >= 0.3 is 5.97 Å². The minimum absolute atomic E-state index is 0.0223. The number of hydrogen-bond acceptors (Lipinski definition) is 7. The predicted molar refractivity (Wildman–Crippen MR) is 81.3 cm³/mol. The fourth-order valence-electron chi connectivity index (χ4n) is 2.45. The number of aromatic nitrogens is 1. The third-order valence-electron chi connectivity index (χ3n) is 3.46. The van der Waals surface area contributed by atoms with Gasteiger partial charge in [0.05, 0.1) is 6.26 Å². The number of amides is 1. The summed E-state index contributed by atoms with van der Waals surface area (Å²) in [6.45, 7) is 3.22. The maximum atomic E-state index is 12.3. The van der Waals surface area contributed by atoms with E-state index >= 15 is 0 Å². The van der Waals surface area contributed by atoms with E-state index in [1.807, 2.05) is 0 Å². The molecule has 2 aromatic heterocycles. The van der Waals surface area contributed by atoms with Crippen molar-refractivity contribution in [2.24, 2.45) is 0 Å². The Kier molecular flexibility index (Phi) is 4.42. The van der Waals surface area contributed by atoms with Gasteiger partial charge in [-0.15, -0.1) is 11.8 Å². The average molecular weight is 336 g/mol. The summed E-state index contributed by atoms with van der Waals surface area (Å²) in [5.74, 6) is 1.10. The van der Waals surface area contributed by atoms with Crippen LogP contribution in [0.4, 0.5) is 0 Å². The Bertz CT molecular complexity index is 697. The Balaban J connectivity index is 1.68. The van der Waals surface area contributed by atoms with Gasteiger partial charge in [0.15, 0.2) is 0 Å². The lowest BCUT2D eigenvalue weighted by atomic mass is 10.2. The van der Waals surface area contributed by atoms with Crippen molar-refractivity contribution >= 4 is 23.6 Å². The molecule has 1 amide bonds. The van der Waals surface area contributed by atoms with Crippen molar-refractivity contribution in [3.8, 4) is 0 Å². The number of thioether (sulfide) groups is 1. The lowest BCUT2D eigenvalue weighted by molar-refractivity contribution is -0.155. The standard InChI is InChI=1S/C15H16N2O5S/c1-9-6-11(16-22-9)7-21-15(19)12-8-23-14(17(12)10(2)18)13-4-3-5-20-13/h3-6,12,14H,7-8H2,1-2H3/t12-,14-/m0/s1. The number of rotatable bonds is 4. The Labute approximate surface area is 136 Å². The first-order chi connectivity index (χ1) is 11.1. The van der Waals surface area contributed by atoms with Gasteiger partial charge in [0.1, 0.15) is 35.2 Å². The molecule has 0 N–H and O–H groups in total. The molecule has 7 nitrogen and oxygen atoms in total. The topological polar surface area (TPSA) is 85.8 Å². The smallest absolute Gasteiger partial charge is 0.330 e. The summed E-state index contributed by atoms with van der Waals surface area (Å²) < 4.78 is 15.6. The molecule has 0 bridgehead atoms. The van der Waals surface area contributed by atoms with Gasteiger partial charge in [0.2, 0.25) is 5.91 Å². The monoisotopic (exact) mass is 336 g/mol. The van der Waals surface area contributed by atoms with E-state index < -0.39 is 12.0 Å². The number of hydrogen-bond donors (Lipinski definition) is 0. The minimum Gasteiger partial charge on any atom is -0.466 e. The van der Waals surface area contributed by atoms with Crippen LogP contribution in [0.3, 0.4) is 0 Å². The van der Waals surface area contributed by atoms with Gasteiger partial charge in [-0.2, -0.15) is 0 Å². The SMILES string of the molecule is CC(=O)N1[C@H](C(=O)OCc2cc(C)on2)CS[C@H]1c1ccco1. The molecule has 2 atom stereocenters. The highest BCUT2D eigenvalue weighted by atomic mass is 32.2. The number of nitrogens with zero attached hydrogens (tertiary/aromatic N) is 2. The van der Waals surface area contributed by atoms with E-state index in [9.17, 15) is 9.59 Å². The fraction of sp³-hybridized carbons (Fsp3) is 0.400. The quantitative estimate of drug-likeness (QED) is 0.792. The number of carbonyl (C=O) groups excluding carboxylic acids is 2. The van der Waals surface area contributed by atoms with Gasteiger partial charge in [-0.05, 0) is 19.1 Å². The van der Waals surface area contributed by atoms with E-state index in [1.54, 1.807) is 31.4 Å². The summed E-state index contributed by atoms with van der Waals surface area (Å²) in [6, 6.07) is 4.61. The van der Waals surface area contributed by atoms with Crippen molar-refractivity contribution in [2.75, 3.05) is 5.75 Å². The molecule has 1 fully saturated rings. The van der Waals surface area contributed by atoms with Gasteiger partial charge in [-0.1, -0.05) is 5.16 Å². The summed E-state index contributed by atoms with van der Waals surface area (Å²) in [5.41, 5.74) is 0.540. The number of carbonyl (C=O) groups is 2. The molecule has 0 saturated carbocycles. The molecule has 1 aliphatic heterocycles. The summed E-state index contributed by atoms with van der Waals surface area (Å²) in [6.07, 6.45) is 1.55. The van der Waals surface area contributed by atoms with Crippen LogP contribution in [0.15, 0.2) is 33.4 Å². The Hall–Kier alpha value is -2.22. The Morgan fingerprint density at radius 3 is 2.96 bits per heavy atom. The molecule has 23 heavy (non-hydrogen) atoms. The van der Waals surface area contributed by atoms with Gasteiger partial charge < -0.3 is 18.6 Å². The van der Waals surface area contributed by atoms with Crippen LogP contribution in [-0.4, -0.2) is 33.7 Å². The van der Waals surface area contributed by atoms with Crippen molar-refractivity contribution in [2.45, 2.75) is 31.9 Å². The molecule has 122 valence electrons. The van der Waals surface area contributed by atoms with E-state index in [0.29, 0.717) is 23.0 Å². The molecule has 0 spiro atoms. The molecular formula is C15H16N2O5S. The first kappa shape index (κ1) is 15.7. The average Bonchev–Trinajstić information content (AvgIpc) is 3.24. The van der Waals surface area contributed by atoms with Crippen LogP contribution in [-0.2, 0) is 20.9 Å². The number of ether oxygens (including phenoxy) is 1. The maximum Gasteiger partial charge on any atom is 0.330 e. The zero-order chi connectivity index (χ0) is 16.4. The van der Waals surface area contributed by atoms with E-state index in [2.05, 4.69) is 5.16 Å². The van der Waals surface area contributed by atoms with E-state index in [4.69, 9.17) is 13.7 Å². The van der Waals surface area contributed by atoms with Crippen molar-refractivity contribution in [1.29, 1.82) is 0 Å². The van der Waals surface area contributed by atoms with Crippen LogP contribution in [0, 0.1) is 6.92 Å². The van der Waals surface area contributed by atoms with Crippen molar-refractivity contribution in [3.05, 3.63) is 41.7 Å². The zero-order valence-corrected chi connectivity index (χ0v) is 13.5. The van der Waals surface area contributed by atoms with Gasteiger partial charge in [0.25, 0.3) is 0 Å². The highest BCUT2D eigenvalue weighted by Gasteiger charge is 2.43. The number of aryl methyl sites for hydroxylation is 1. The van der Waals surface area contributed by atoms with Crippen LogP contribution < -0.4 is 0 Å². The van der Waals surface area contributed by atoms with Crippen molar-refractivity contribution < 1.29 is 23.3 Å². The Morgan fingerprint density at radius 1 is 1.52 bits per heavy atom. The number of esters is 1. The first-order valence-corrected chi connectivity index (χ1v) is 8.14. The summed E-state index contributed by atoms with van der Waals surface area (Å²) in [5, 5.41) is 3.46. The molecule has 0 aliphatic carbocycles. The second-order valence-electron chi connectivity index (χ2n) is 5.18. The lowest BCUT2D eigenvalue weighted by Crippen LogP contribution is -2.42. The molecule has 3 heterocycles. The third kappa shape index (κ3) is 3.26. The molecule has 2 aromatic rings. The summed E-state index contributed by atoms with van der Waals surface area (Å²) in [4.78, 5) is 25.8. The third-order valence-corrected chi connectivity index (χ3v) is 4.75. The summed E-state index contributed by atoms with van der Waals surface area (Å²) in [7, 11) is 0. The normalized spacial score (nSPS) is 20.7. The van der Waals surface area contributed by atoms with E-state index in [-0.39, 0.29) is 17.9 Å². The lowest BCUT2D eigenvalue weighted by Gasteiger charge is -2.25. The maximum absolute atomic E-state index is 12.3. The fourth-order valence-corrected chi connectivity index (χ4v) is 3.87. The van der Waals surface area contributed by atoms with E-state index in [0.717, 1.165) is 0 Å². The minimum atomic E-state index is -0.638. The summed E-state index contributed by atoms with van der Waals surface area (Å²) >= 11 is 1.48. The predicted octanol–water partition coefficient (Wildman–Crippen LogP) is 2.28. The molecule has 0 radical (unpaired) electrons. The second kappa shape index (κ2) is 6.49. The van der Waals surface area contributed by atoms with Crippen LogP contribution in [0.2, 0.25) is 0 Å². The van der Waals surface area contributed by atoms with Crippen LogP contribution in [0.25, 0.3) is 0 Å². The molecule has 8 heteroatoms. The molecule has 3 rings (SSSR count). The van der Waals surface area contributed by atoms with Crippen LogP contribution in [0.5, 0.6) is 0 Å². The Morgan fingerprint density at radius 2 is 2.35 bits per heavy atom. The van der Waals surface area contributed by atoms with Gasteiger partial charge in [0, 0.05) is 18.7 Å². The number of furan rings is 1. The van der Waals surface area contributed by atoms with Crippen molar-refractivity contribution in [1.82, 2.24) is 10.1 Å². The molecule has 0 aromatic carbocycles. The molecular weight excluding hydrogens is 320 g/mol. The zero-order valence-electron chi connectivity index (χ0n) is 12.7. The molecule has 1 saturated heterocycles. The first-order valence-electron chi connectivity index (χ1n) is 7.09. The molecule has 1 aliphatic rings. The van der Waals surface area contributed by atoms with Crippen LogP contribution in [0.1, 0.15) is 29.5 Å². The highest BCUT2D eigenvalue weighted by molar-refractivity contribution is 7.99.